The van der Waals surface area contributed by atoms with Crippen LogP contribution in [0.25, 0.3) is 22.3 Å². The van der Waals surface area contributed by atoms with Crippen LogP contribution in [0.4, 0.5) is 17.3 Å². The van der Waals surface area contributed by atoms with Crippen LogP contribution < -0.4 is 10.2 Å². The van der Waals surface area contributed by atoms with E-state index in [4.69, 9.17) is 10.2 Å². The molecule has 0 saturated carbocycles. The highest BCUT2D eigenvalue weighted by atomic mass is 15.3. The fraction of sp³-hybridized carbons (Fsp3) is 0.269. The van der Waals surface area contributed by atoms with Crippen LogP contribution in [0.1, 0.15) is 17.5 Å². The number of nitrogens with one attached hydrogen (secondary N) is 2. The molecule has 7 heteroatoms. The third kappa shape index (κ3) is 3.49. The fourth-order valence-electron chi connectivity index (χ4n) is 5.25. The number of likely N-dealkylation sites (N-methyl/N-ethyl adjacent to an activating group) is 1. The predicted molar refractivity (Wildman–Crippen MR) is 131 cm³/mol. The van der Waals surface area contributed by atoms with Gasteiger partial charge in [0.2, 0.25) is 5.95 Å². The molecule has 2 bridgehead atoms. The second kappa shape index (κ2) is 7.61. The molecule has 0 unspecified atom stereocenters. The molecule has 2 N–H and O–H groups in total. The molecule has 0 radical (unpaired) electrons. The zero-order valence-corrected chi connectivity index (χ0v) is 18.7. The molecule has 0 aliphatic carbocycles. The Morgan fingerprint density at radius 2 is 2.00 bits per heavy atom. The van der Waals surface area contributed by atoms with Gasteiger partial charge in [0.25, 0.3) is 0 Å². The molecule has 4 aromatic rings. The average Bonchev–Trinajstić information content (AvgIpc) is 3.52. The molecule has 2 aliphatic rings. The molecule has 2 aromatic heterocycles. The fourth-order valence-corrected chi connectivity index (χ4v) is 5.25. The third-order valence-corrected chi connectivity index (χ3v) is 6.96. The highest BCUT2D eigenvalue weighted by molar-refractivity contribution is 5.86. The average molecular weight is 436 g/mol. The number of nitrogens with zero attached hydrogens (tertiary/aromatic N) is 5. The minimum atomic E-state index is 0.554. The Balaban J connectivity index is 1.23. The van der Waals surface area contributed by atoms with Crippen LogP contribution in [-0.4, -0.2) is 52.1 Å². The molecular weight excluding hydrogens is 410 g/mol. The quantitative estimate of drug-likeness (QED) is 0.493. The Labute approximate surface area is 192 Å². The first-order chi connectivity index (χ1) is 16.1. The van der Waals surface area contributed by atoms with Crippen molar-refractivity contribution in [1.82, 2.24) is 19.9 Å². The largest absolute Gasteiger partial charge is 0.365 e. The summed E-state index contributed by atoms with van der Waals surface area (Å²) in [5.74, 6) is 0.554. The zero-order chi connectivity index (χ0) is 22.5. The van der Waals surface area contributed by atoms with E-state index in [1.165, 1.54) is 17.7 Å². The van der Waals surface area contributed by atoms with Gasteiger partial charge in [0, 0.05) is 53.6 Å². The lowest BCUT2D eigenvalue weighted by Crippen LogP contribution is -2.44. The number of benzene rings is 2. The Hall–Kier alpha value is -3.89. The monoisotopic (exact) mass is 435 g/mol. The smallest absolute Gasteiger partial charge is 0.227 e. The van der Waals surface area contributed by atoms with E-state index < -0.39 is 0 Å². The van der Waals surface area contributed by atoms with Crippen molar-refractivity contribution in [3.63, 3.8) is 0 Å². The maximum absolute atomic E-state index is 9.14. The summed E-state index contributed by atoms with van der Waals surface area (Å²) in [6.07, 6.45) is 3.03. The molecule has 2 fully saturated rings. The lowest BCUT2D eigenvalue weighted by atomic mass is 10.1. The van der Waals surface area contributed by atoms with Gasteiger partial charge in [0.15, 0.2) is 0 Å². The van der Waals surface area contributed by atoms with Gasteiger partial charge in [-0.05, 0) is 74.5 Å². The molecule has 2 atom stereocenters. The molecule has 2 saturated heterocycles. The Bertz CT molecular complexity index is 1400. The first kappa shape index (κ1) is 19.8. The van der Waals surface area contributed by atoms with Gasteiger partial charge in [-0.1, -0.05) is 0 Å². The second-order valence-corrected chi connectivity index (χ2v) is 9.12. The van der Waals surface area contributed by atoms with E-state index in [-0.39, 0.29) is 0 Å². The van der Waals surface area contributed by atoms with Crippen LogP contribution in [0.5, 0.6) is 0 Å². The summed E-state index contributed by atoms with van der Waals surface area (Å²) in [6.45, 7) is 4.43. The van der Waals surface area contributed by atoms with Crippen LogP contribution in [-0.2, 0) is 0 Å². The first-order valence-electron chi connectivity index (χ1n) is 11.3. The third-order valence-electron chi connectivity index (χ3n) is 6.96. The van der Waals surface area contributed by atoms with E-state index in [0.717, 1.165) is 41.1 Å². The zero-order valence-electron chi connectivity index (χ0n) is 18.7. The number of aryl methyl sites for hydroxylation is 1. The number of H-pyrrole nitrogens is 1. The number of piperazine rings is 1. The summed E-state index contributed by atoms with van der Waals surface area (Å²) in [5, 5.41) is 13.5. The van der Waals surface area contributed by atoms with Crippen molar-refractivity contribution in [2.75, 3.05) is 30.4 Å². The summed E-state index contributed by atoms with van der Waals surface area (Å²) >= 11 is 0. The van der Waals surface area contributed by atoms with Crippen molar-refractivity contribution < 1.29 is 0 Å². The van der Waals surface area contributed by atoms with Crippen LogP contribution in [0.2, 0.25) is 0 Å². The molecule has 2 aliphatic heterocycles. The number of fused-ring (bicyclic) bond motifs is 3. The minimum absolute atomic E-state index is 0.554. The van der Waals surface area contributed by atoms with Crippen molar-refractivity contribution >= 4 is 28.2 Å². The SMILES string of the molecule is Cc1cc(Nc2nccc(-c3cc4cc(C#N)ccc4[nH]3)n2)ccc1N1C[C@@H]2C[C@H]1CN2C. The number of aromatic amines is 1. The maximum Gasteiger partial charge on any atom is 0.227 e. The van der Waals surface area contributed by atoms with Crippen LogP contribution in [0, 0.1) is 18.3 Å². The summed E-state index contributed by atoms with van der Waals surface area (Å²) in [6, 6.07) is 19.5. The molecule has 2 aromatic carbocycles. The summed E-state index contributed by atoms with van der Waals surface area (Å²) in [4.78, 5) is 17.6. The molecule has 164 valence electrons. The number of anilines is 3. The molecule has 0 spiro atoms. The normalized spacial score (nSPS) is 19.8. The number of rotatable bonds is 4. The summed E-state index contributed by atoms with van der Waals surface area (Å²) in [7, 11) is 2.23. The van der Waals surface area contributed by atoms with Crippen molar-refractivity contribution in [1.29, 1.82) is 5.26 Å². The predicted octanol–water partition coefficient (Wildman–Crippen LogP) is 4.44. The van der Waals surface area contributed by atoms with E-state index >= 15 is 0 Å². The Morgan fingerprint density at radius 3 is 2.76 bits per heavy atom. The first-order valence-corrected chi connectivity index (χ1v) is 11.3. The van der Waals surface area contributed by atoms with Crippen molar-refractivity contribution in [3.05, 3.63) is 65.9 Å². The number of likely N-dealkylation sites (tertiary alicyclic amines) is 1. The number of hydrogen-bond donors (Lipinski definition) is 2. The lowest BCUT2D eigenvalue weighted by Gasteiger charge is -2.34. The Morgan fingerprint density at radius 1 is 1.09 bits per heavy atom. The highest BCUT2D eigenvalue weighted by Crippen LogP contribution is 2.36. The number of hydrogen-bond acceptors (Lipinski definition) is 6. The summed E-state index contributed by atoms with van der Waals surface area (Å²) < 4.78 is 0. The van der Waals surface area contributed by atoms with Crippen molar-refractivity contribution in [2.24, 2.45) is 0 Å². The van der Waals surface area contributed by atoms with E-state index in [1.807, 2.05) is 30.3 Å². The van der Waals surface area contributed by atoms with Crippen molar-refractivity contribution in [2.45, 2.75) is 25.4 Å². The summed E-state index contributed by atoms with van der Waals surface area (Å²) in [5.41, 5.74) is 6.88. The van der Waals surface area contributed by atoms with Gasteiger partial charge in [-0.15, -0.1) is 0 Å². The van der Waals surface area contributed by atoms with Crippen LogP contribution in [0.3, 0.4) is 0 Å². The van der Waals surface area contributed by atoms with Gasteiger partial charge in [0.1, 0.15) is 0 Å². The highest BCUT2D eigenvalue weighted by Gasteiger charge is 2.41. The molecule has 0 amide bonds. The standard InChI is InChI=1S/C26H25N7/c1-16-9-19(4-6-25(16)33-15-20-12-21(33)14-32(20)2)29-26-28-8-7-23(31-26)24-11-18-10-17(13-27)3-5-22(18)30-24/h3-11,20-21,30H,12,14-15H2,1-2H3,(H,28,29,31)/t20-,21-/m0/s1. The van der Waals surface area contributed by atoms with Gasteiger partial charge in [-0.3, -0.25) is 4.90 Å². The number of aromatic nitrogens is 3. The van der Waals surface area contributed by atoms with E-state index in [2.05, 4.69) is 63.3 Å². The second-order valence-electron chi connectivity index (χ2n) is 9.12. The molecular formula is C26H25N7. The van der Waals surface area contributed by atoms with Gasteiger partial charge in [0.05, 0.1) is 23.0 Å². The molecule has 33 heavy (non-hydrogen) atoms. The van der Waals surface area contributed by atoms with Crippen LogP contribution >= 0.6 is 0 Å². The molecule has 7 nitrogen and oxygen atoms in total. The molecule has 6 rings (SSSR count). The van der Waals surface area contributed by atoms with E-state index in [9.17, 15) is 0 Å². The topological polar surface area (TPSA) is 83.9 Å². The Kier molecular flexibility index (Phi) is 4.56. The van der Waals surface area contributed by atoms with Crippen molar-refractivity contribution in [3.8, 4) is 17.5 Å². The van der Waals surface area contributed by atoms with Gasteiger partial charge in [-0.25, -0.2) is 9.97 Å². The van der Waals surface area contributed by atoms with Gasteiger partial charge >= 0.3 is 0 Å². The van der Waals surface area contributed by atoms with Gasteiger partial charge in [-0.2, -0.15) is 5.26 Å². The molecule has 4 heterocycles. The number of nitriles is 1. The van der Waals surface area contributed by atoms with E-state index in [1.54, 1.807) is 6.20 Å². The maximum atomic E-state index is 9.14. The van der Waals surface area contributed by atoms with Gasteiger partial charge < -0.3 is 15.2 Å². The lowest BCUT2D eigenvalue weighted by molar-refractivity contribution is 0.292. The van der Waals surface area contributed by atoms with Crippen LogP contribution in [0.15, 0.2) is 54.7 Å². The van der Waals surface area contributed by atoms with E-state index in [0.29, 0.717) is 23.6 Å². The minimum Gasteiger partial charge on any atom is -0.365 e.